The largest absolute Gasteiger partial charge is 0.348 e. The van der Waals surface area contributed by atoms with Crippen LogP contribution in [0.15, 0.2) is 12.5 Å². The Bertz CT molecular complexity index is 635. The summed E-state index contributed by atoms with van der Waals surface area (Å²) >= 11 is 0. The average Bonchev–Trinajstić information content (AvgIpc) is 3.16. The molecule has 27 heavy (non-hydrogen) atoms. The number of nitrogens with two attached hydrogens (primary N) is 1. The highest BCUT2D eigenvalue weighted by Gasteiger charge is 2.42. The fourth-order valence-electron chi connectivity index (χ4n) is 4.44. The van der Waals surface area contributed by atoms with Crippen molar-refractivity contribution >= 4 is 11.8 Å². The second kappa shape index (κ2) is 8.42. The number of nitrogens with zero attached hydrogens (tertiary/aromatic N) is 3. The molecule has 150 valence electrons. The third-order valence-corrected chi connectivity index (χ3v) is 6.13. The highest BCUT2D eigenvalue weighted by molar-refractivity contribution is 5.81. The molecule has 3 N–H and O–H groups in total. The van der Waals surface area contributed by atoms with Gasteiger partial charge in [-0.25, -0.2) is 4.98 Å². The van der Waals surface area contributed by atoms with Crippen LogP contribution in [0, 0.1) is 11.3 Å². The van der Waals surface area contributed by atoms with Crippen LogP contribution in [-0.4, -0.2) is 63.8 Å². The molecular weight excluding hydrogens is 342 g/mol. The van der Waals surface area contributed by atoms with Gasteiger partial charge in [-0.15, -0.1) is 0 Å². The molecule has 2 fully saturated rings. The fourth-order valence-corrected chi connectivity index (χ4v) is 4.44. The maximum absolute atomic E-state index is 12.6. The predicted molar refractivity (Wildman–Crippen MR) is 104 cm³/mol. The highest BCUT2D eigenvalue weighted by Crippen LogP contribution is 2.40. The second-order valence-electron chi connectivity index (χ2n) is 8.70. The van der Waals surface area contributed by atoms with Crippen LogP contribution in [0.4, 0.5) is 0 Å². The van der Waals surface area contributed by atoms with Crippen LogP contribution in [0.3, 0.4) is 0 Å². The van der Waals surface area contributed by atoms with Crippen LogP contribution in [-0.2, 0) is 16.0 Å². The number of hydrogen-bond acceptors (Lipinski definition) is 4. The third kappa shape index (κ3) is 4.89. The van der Waals surface area contributed by atoms with E-state index >= 15 is 0 Å². The van der Waals surface area contributed by atoms with E-state index in [0.29, 0.717) is 12.3 Å². The smallest absolute Gasteiger partial charge is 0.239 e. The van der Waals surface area contributed by atoms with Gasteiger partial charge in [0.25, 0.3) is 0 Å². The minimum absolute atomic E-state index is 0.0848. The van der Waals surface area contributed by atoms with Gasteiger partial charge < -0.3 is 20.5 Å². The molecule has 1 atom stereocenters. The van der Waals surface area contributed by atoms with Gasteiger partial charge in [-0.2, -0.15) is 0 Å². The Balaban J connectivity index is 1.53. The first kappa shape index (κ1) is 19.9. The lowest BCUT2D eigenvalue weighted by atomic mass is 9.72. The molecule has 0 aromatic carbocycles. The molecule has 0 saturated carbocycles. The molecule has 7 nitrogen and oxygen atoms in total. The molecule has 3 heterocycles. The summed E-state index contributed by atoms with van der Waals surface area (Å²) in [5.74, 6) is 0.756. The average molecular weight is 376 g/mol. The van der Waals surface area contributed by atoms with Crippen molar-refractivity contribution in [1.82, 2.24) is 19.8 Å². The molecule has 0 aliphatic carbocycles. The Morgan fingerprint density at radius 1 is 1.33 bits per heavy atom. The number of aromatic amines is 1. The van der Waals surface area contributed by atoms with E-state index in [9.17, 15) is 9.59 Å². The van der Waals surface area contributed by atoms with Crippen molar-refractivity contribution in [1.29, 1.82) is 0 Å². The van der Waals surface area contributed by atoms with E-state index in [2.05, 4.69) is 23.8 Å². The van der Waals surface area contributed by atoms with Crippen LogP contribution in [0.1, 0.15) is 51.6 Å². The van der Waals surface area contributed by atoms with Crippen LogP contribution in [0.5, 0.6) is 0 Å². The molecule has 7 heteroatoms. The van der Waals surface area contributed by atoms with Crippen molar-refractivity contribution in [2.75, 3.05) is 26.2 Å². The van der Waals surface area contributed by atoms with Crippen molar-refractivity contribution < 1.29 is 9.59 Å². The highest BCUT2D eigenvalue weighted by atomic mass is 16.2. The van der Waals surface area contributed by atoms with Crippen molar-refractivity contribution in [3.8, 4) is 0 Å². The van der Waals surface area contributed by atoms with E-state index < -0.39 is 6.04 Å². The van der Waals surface area contributed by atoms with E-state index in [4.69, 9.17) is 5.73 Å². The molecule has 1 unspecified atom stereocenters. The van der Waals surface area contributed by atoms with Gasteiger partial charge >= 0.3 is 0 Å². The van der Waals surface area contributed by atoms with Gasteiger partial charge in [-0.3, -0.25) is 9.59 Å². The van der Waals surface area contributed by atoms with Gasteiger partial charge in [0.05, 0.1) is 12.4 Å². The molecule has 3 rings (SSSR count). The molecule has 1 aromatic heterocycles. The summed E-state index contributed by atoms with van der Waals surface area (Å²) < 4.78 is 0. The molecule has 2 aliphatic rings. The summed E-state index contributed by atoms with van der Waals surface area (Å²) in [5.41, 5.74) is 7.30. The quantitative estimate of drug-likeness (QED) is 0.789. The number of carbonyl (C=O) groups is 2. The van der Waals surface area contributed by atoms with E-state index in [0.717, 1.165) is 64.0 Å². The van der Waals surface area contributed by atoms with Gasteiger partial charge in [0.2, 0.25) is 11.8 Å². The molecule has 2 aliphatic heterocycles. The minimum Gasteiger partial charge on any atom is -0.348 e. The Morgan fingerprint density at radius 3 is 2.70 bits per heavy atom. The molecule has 2 saturated heterocycles. The summed E-state index contributed by atoms with van der Waals surface area (Å²) in [4.78, 5) is 36.0. The zero-order chi connectivity index (χ0) is 19.4. The summed E-state index contributed by atoms with van der Waals surface area (Å²) in [6.45, 7) is 7.23. The minimum atomic E-state index is -0.391. The van der Waals surface area contributed by atoms with E-state index in [1.54, 1.807) is 6.33 Å². The van der Waals surface area contributed by atoms with Crippen LogP contribution in [0.2, 0.25) is 0 Å². The Morgan fingerprint density at radius 2 is 2.07 bits per heavy atom. The van der Waals surface area contributed by atoms with Crippen molar-refractivity contribution in [2.45, 2.75) is 58.4 Å². The first-order chi connectivity index (χ1) is 12.9. The fraction of sp³-hybridized carbons (Fsp3) is 0.750. The summed E-state index contributed by atoms with van der Waals surface area (Å²) in [5, 5.41) is 0. The number of likely N-dealkylation sites (tertiary alicyclic amines) is 2. The first-order valence-electron chi connectivity index (χ1n) is 10.2. The Labute approximate surface area is 161 Å². The van der Waals surface area contributed by atoms with Crippen LogP contribution >= 0.6 is 0 Å². The van der Waals surface area contributed by atoms with Crippen LogP contribution < -0.4 is 5.73 Å². The Hall–Kier alpha value is -1.89. The maximum atomic E-state index is 12.6. The third-order valence-electron chi connectivity index (χ3n) is 6.13. The van der Waals surface area contributed by atoms with Gasteiger partial charge in [0, 0.05) is 50.9 Å². The topological polar surface area (TPSA) is 95.3 Å². The van der Waals surface area contributed by atoms with Crippen molar-refractivity contribution in [3.05, 3.63) is 18.2 Å². The molecule has 1 spiro atoms. The SMILES string of the molecule is CC(C)CC(N)C(=O)N1CCC2(CCC(=O)N(CCc3cnc[nH]3)C2)CC1. The van der Waals surface area contributed by atoms with Gasteiger partial charge in [-0.05, 0) is 37.0 Å². The number of H-pyrrole nitrogens is 1. The van der Waals surface area contributed by atoms with E-state index in [1.165, 1.54) is 0 Å². The number of amides is 2. The Kier molecular flexibility index (Phi) is 6.19. The number of hydrogen-bond donors (Lipinski definition) is 2. The molecule has 1 aromatic rings. The lowest BCUT2D eigenvalue weighted by Crippen LogP contribution is -2.54. The number of aromatic nitrogens is 2. The normalized spacial score (nSPS) is 21.1. The standard InChI is InChI=1S/C20H33N5O2/c1-15(2)11-17(21)19(27)24-9-6-20(7-10-24)5-3-18(26)25(13-20)8-4-16-12-22-14-23-16/h12,14-15,17H,3-11,13,21H2,1-2H3,(H,22,23). The van der Waals surface area contributed by atoms with Gasteiger partial charge in [0.1, 0.15) is 0 Å². The van der Waals surface area contributed by atoms with Crippen LogP contribution in [0.25, 0.3) is 0 Å². The predicted octanol–water partition coefficient (Wildman–Crippen LogP) is 1.56. The molecule has 0 bridgehead atoms. The van der Waals surface area contributed by atoms with Gasteiger partial charge in [0.15, 0.2) is 0 Å². The number of nitrogens with one attached hydrogen (secondary N) is 1. The zero-order valence-electron chi connectivity index (χ0n) is 16.6. The second-order valence-corrected chi connectivity index (χ2v) is 8.70. The summed E-state index contributed by atoms with van der Waals surface area (Å²) in [6.07, 6.45) is 8.49. The number of rotatable bonds is 6. The summed E-state index contributed by atoms with van der Waals surface area (Å²) in [6, 6.07) is -0.391. The lowest BCUT2D eigenvalue weighted by molar-refractivity contribution is -0.143. The van der Waals surface area contributed by atoms with Crippen molar-refractivity contribution in [2.24, 2.45) is 17.1 Å². The first-order valence-corrected chi connectivity index (χ1v) is 10.2. The van der Waals surface area contributed by atoms with Gasteiger partial charge in [-0.1, -0.05) is 13.8 Å². The van der Waals surface area contributed by atoms with E-state index in [-0.39, 0.29) is 17.2 Å². The number of carbonyl (C=O) groups excluding carboxylic acids is 2. The van der Waals surface area contributed by atoms with E-state index in [1.807, 2.05) is 16.0 Å². The molecule has 2 amide bonds. The zero-order valence-corrected chi connectivity index (χ0v) is 16.6. The maximum Gasteiger partial charge on any atom is 0.239 e. The molecular formula is C20H33N5O2. The van der Waals surface area contributed by atoms with Crippen molar-refractivity contribution in [3.63, 3.8) is 0 Å². The monoisotopic (exact) mass is 375 g/mol. The number of imidazole rings is 1. The lowest BCUT2D eigenvalue weighted by Gasteiger charge is -2.47. The molecule has 0 radical (unpaired) electrons. The number of piperidine rings is 2. The summed E-state index contributed by atoms with van der Waals surface area (Å²) in [7, 11) is 0.